The second-order valence-electron chi connectivity index (χ2n) is 7.48. The molecule has 8 heteroatoms. The lowest BCUT2D eigenvalue weighted by Gasteiger charge is -2.27. The topological polar surface area (TPSA) is 59.8 Å². The summed E-state index contributed by atoms with van der Waals surface area (Å²) < 4.78 is 11.6. The molecule has 0 N–H and O–H groups in total. The number of benzene rings is 2. The van der Waals surface area contributed by atoms with Crippen LogP contribution in [0.1, 0.15) is 40.6 Å². The van der Waals surface area contributed by atoms with Crippen LogP contribution in [0, 0.1) is 0 Å². The average molecular weight is 465 g/mol. The summed E-state index contributed by atoms with van der Waals surface area (Å²) in [5.74, 6) is -0.297. The predicted octanol–water partition coefficient (Wildman–Crippen LogP) is 5.48. The highest BCUT2D eigenvalue weighted by atomic mass is 35.5. The fraction of sp³-hybridized carbons (Fsp3) is 0.273. The molecule has 5 rings (SSSR count). The molecule has 1 fully saturated rings. The Morgan fingerprint density at radius 1 is 1.03 bits per heavy atom. The maximum absolute atomic E-state index is 13.4. The van der Waals surface area contributed by atoms with Gasteiger partial charge in [-0.2, -0.15) is 0 Å². The first kappa shape index (κ1) is 19.9. The second kappa shape index (κ2) is 7.57. The molecule has 2 aliphatic rings. The van der Waals surface area contributed by atoms with Crippen LogP contribution in [0.3, 0.4) is 0 Å². The van der Waals surface area contributed by atoms with Gasteiger partial charge >= 0.3 is 0 Å². The molecule has 1 aromatic heterocycles. The Morgan fingerprint density at radius 3 is 2.60 bits per heavy atom. The Labute approximate surface area is 187 Å². The number of hydrogen-bond donors (Lipinski definition) is 0. The summed E-state index contributed by atoms with van der Waals surface area (Å²) in [4.78, 5) is 28.4. The lowest BCUT2D eigenvalue weighted by molar-refractivity contribution is 0.0486. The van der Waals surface area contributed by atoms with Gasteiger partial charge in [0.15, 0.2) is 5.43 Å². The zero-order valence-corrected chi connectivity index (χ0v) is 17.9. The smallest absolute Gasteiger partial charge is 0.291 e. The summed E-state index contributed by atoms with van der Waals surface area (Å²) in [6.07, 6.45) is 1.71. The second-order valence-corrected chi connectivity index (χ2v) is 8.73. The molecule has 2 aromatic carbocycles. The number of carbonyl (C=O) groups is 1. The molecule has 5 nitrogen and oxygen atoms in total. The first-order valence-electron chi connectivity index (χ1n) is 9.58. The lowest BCUT2D eigenvalue weighted by Crippen LogP contribution is -2.36. The fourth-order valence-corrected chi connectivity index (χ4v) is 4.70. The predicted molar refractivity (Wildman–Crippen MR) is 116 cm³/mol. The summed E-state index contributed by atoms with van der Waals surface area (Å²) >= 11 is 18.4. The Bertz CT molecular complexity index is 1230. The third-order valence-electron chi connectivity index (χ3n) is 5.61. The fourth-order valence-electron chi connectivity index (χ4n) is 4.22. The third kappa shape index (κ3) is 3.21. The highest BCUT2D eigenvalue weighted by Crippen LogP contribution is 2.40. The molecule has 1 saturated heterocycles. The van der Waals surface area contributed by atoms with E-state index in [0.29, 0.717) is 44.8 Å². The molecule has 2 atom stereocenters. The van der Waals surface area contributed by atoms with Crippen LogP contribution in [0.2, 0.25) is 15.1 Å². The highest BCUT2D eigenvalue weighted by Gasteiger charge is 2.44. The number of rotatable bonds is 3. The van der Waals surface area contributed by atoms with E-state index in [1.54, 1.807) is 41.3 Å². The normalized spacial score (nSPS) is 20.9. The molecule has 0 radical (unpaired) electrons. The van der Waals surface area contributed by atoms with Gasteiger partial charge in [-0.3, -0.25) is 9.59 Å². The van der Waals surface area contributed by atoms with Crippen molar-refractivity contribution in [2.24, 2.45) is 0 Å². The molecule has 0 bridgehead atoms. The maximum atomic E-state index is 13.4. The van der Waals surface area contributed by atoms with Crippen LogP contribution in [-0.2, 0) is 4.74 Å². The van der Waals surface area contributed by atoms with Gasteiger partial charge in [0.25, 0.3) is 5.91 Å². The number of nitrogens with zero attached hydrogens (tertiary/aromatic N) is 1. The molecular formula is C22H16Cl3NO4. The van der Waals surface area contributed by atoms with Gasteiger partial charge in [0.1, 0.15) is 5.58 Å². The molecule has 3 aromatic rings. The minimum Gasteiger partial charge on any atom is -0.450 e. The van der Waals surface area contributed by atoms with E-state index < -0.39 is 6.04 Å². The molecule has 1 amide bonds. The Kier molecular flexibility index (Phi) is 5.02. The number of hydrogen-bond acceptors (Lipinski definition) is 4. The standard InChI is InChI=1S/C22H16Cl3NO4/c23-12-4-6-17-14(9-12)20(27)18-19(11-3-5-15(24)16(25)8-11)26(22(28)21(18)30-17)10-13-2-1-7-29-13/h3-6,8-9,13,19H,1-2,7,10H2/t13-,19+/m1/s1. The largest absolute Gasteiger partial charge is 0.450 e. The quantitative estimate of drug-likeness (QED) is 0.515. The van der Waals surface area contributed by atoms with Crippen molar-refractivity contribution in [3.8, 4) is 0 Å². The lowest BCUT2D eigenvalue weighted by atomic mass is 9.98. The Morgan fingerprint density at radius 2 is 1.87 bits per heavy atom. The van der Waals surface area contributed by atoms with Crippen LogP contribution in [-0.4, -0.2) is 30.1 Å². The minimum atomic E-state index is -0.647. The summed E-state index contributed by atoms with van der Waals surface area (Å²) in [7, 11) is 0. The van der Waals surface area contributed by atoms with Crippen molar-refractivity contribution in [2.75, 3.05) is 13.2 Å². The number of carbonyl (C=O) groups excluding carboxylic acids is 1. The van der Waals surface area contributed by atoms with E-state index in [9.17, 15) is 9.59 Å². The van der Waals surface area contributed by atoms with Gasteiger partial charge < -0.3 is 14.1 Å². The van der Waals surface area contributed by atoms with Crippen LogP contribution >= 0.6 is 34.8 Å². The molecule has 3 heterocycles. The van der Waals surface area contributed by atoms with Gasteiger partial charge in [0, 0.05) is 18.2 Å². The Balaban J connectivity index is 1.72. The number of halogens is 3. The van der Waals surface area contributed by atoms with Crippen molar-refractivity contribution >= 4 is 51.7 Å². The van der Waals surface area contributed by atoms with Crippen LogP contribution in [0.5, 0.6) is 0 Å². The summed E-state index contributed by atoms with van der Waals surface area (Å²) in [5.41, 5.74) is 1.01. The van der Waals surface area contributed by atoms with Gasteiger partial charge in [0.05, 0.1) is 33.1 Å². The number of fused-ring (bicyclic) bond motifs is 2. The molecule has 0 unspecified atom stereocenters. The van der Waals surface area contributed by atoms with E-state index in [4.69, 9.17) is 44.0 Å². The zero-order valence-electron chi connectivity index (χ0n) is 15.7. The van der Waals surface area contributed by atoms with Crippen molar-refractivity contribution < 1.29 is 13.9 Å². The summed E-state index contributed by atoms with van der Waals surface area (Å²) in [5, 5.41) is 1.49. The molecular weight excluding hydrogens is 449 g/mol. The summed E-state index contributed by atoms with van der Waals surface area (Å²) in [6.45, 7) is 1.02. The first-order valence-corrected chi connectivity index (χ1v) is 10.7. The number of amides is 1. The number of ether oxygens (including phenoxy) is 1. The summed E-state index contributed by atoms with van der Waals surface area (Å²) in [6, 6.07) is 9.24. The maximum Gasteiger partial charge on any atom is 0.291 e. The first-order chi connectivity index (χ1) is 14.4. The van der Waals surface area contributed by atoms with Gasteiger partial charge in [0.2, 0.25) is 5.76 Å². The minimum absolute atomic E-state index is 0.0453. The van der Waals surface area contributed by atoms with E-state index in [1.807, 2.05) is 0 Å². The van der Waals surface area contributed by atoms with Gasteiger partial charge in [-0.25, -0.2) is 0 Å². The molecule has 30 heavy (non-hydrogen) atoms. The van der Waals surface area contributed by atoms with Crippen molar-refractivity contribution in [3.05, 3.63) is 78.6 Å². The zero-order chi connectivity index (χ0) is 21.0. The van der Waals surface area contributed by atoms with Gasteiger partial charge in [-0.05, 0) is 48.7 Å². The van der Waals surface area contributed by atoms with Gasteiger partial charge in [-0.15, -0.1) is 0 Å². The molecule has 2 aliphatic heterocycles. The Hall–Kier alpha value is -2.05. The molecule has 0 spiro atoms. The van der Waals surface area contributed by atoms with Crippen LogP contribution < -0.4 is 5.43 Å². The van der Waals surface area contributed by atoms with Gasteiger partial charge in [-0.1, -0.05) is 40.9 Å². The van der Waals surface area contributed by atoms with Crippen molar-refractivity contribution in [1.29, 1.82) is 0 Å². The molecule has 0 aliphatic carbocycles. The monoisotopic (exact) mass is 463 g/mol. The van der Waals surface area contributed by atoms with Crippen LogP contribution in [0.15, 0.2) is 45.6 Å². The van der Waals surface area contributed by atoms with Crippen LogP contribution in [0.25, 0.3) is 11.0 Å². The van der Waals surface area contributed by atoms with Crippen molar-refractivity contribution in [1.82, 2.24) is 4.90 Å². The molecule has 154 valence electrons. The van der Waals surface area contributed by atoms with Crippen LogP contribution in [0.4, 0.5) is 0 Å². The third-order valence-corrected chi connectivity index (χ3v) is 6.59. The van der Waals surface area contributed by atoms with E-state index in [0.717, 1.165) is 12.8 Å². The van der Waals surface area contributed by atoms with E-state index in [2.05, 4.69) is 0 Å². The molecule has 0 saturated carbocycles. The van der Waals surface area contributed by atoms with Crippen molar-refractivity contribution in [3.63, 3.8) is 0 Å². The highest BCUT2D eigenvalue weighted by molar-refractivity contribution is 6.42. The van der Waals surface area contributed by atoms with Crippen molar-refractivity contribution in [2.45, 2.75) is 25.0 Å². The average Bonchev–Trinajstić information content (AvgIpc) is 3.33. The van der Waals surface area contributed by atoms with E-state index in [1.165, 1.54) is 0 Å². The van der Waals surface area contributed by atoms with E-state index in [-0.39, 0.29) is 28.8 Å². The van der Waals surface area contributed by atoms with E-state index >= 15 is 0 Å². The SMILES string of the molecule is O=C1c2oc3ccc(Cl)cc3c(=O)c2[C@H](c2ccc(Cl)c(Cl)c2)N1C[C@H]1CCCO1.